The van der Waals surface area contributed by atoms with Crippen molar-refractivity contribution in [2.24, 2.45) is 0 Å². The third-order valence-corrected chi connectivity index (χ3v) is 4.61. The van der Waals surface area contributed by atoms with Gasteiger partial charge in [-0.05, 0) is 32.9 Å². The fraction of sp³-hybridized carbons (Fsp3) is 0.312. The SMILES string of the molecule is CCn1c([C@@H](C)NC(=O)c2scnc2C)nc2ccccc21. The van der Waals surface area contributed by atoms with Gasteiger partial charge in [0.05, 0.1) is 28.3 Å². The number of benzene rings is 1. The number of carbonyl (C=O) groups is 1. The summed E-state index contributed by atoms with van der Waals surface area (Å²) in [5, 5.41) is 3.02. The van der Waals surface area contributed by atoms with Crippen LogP contribution in [0.2, 0.25) is 0 Å². The summed E-state index contributed by atoms with van der Waals surface area (Å²) in [5.74, 6) is 0.779. The molecule has 0 aliphatic carbocycles. The van der Waals surface area contributed by atoms with Crippen molar-refractivity contribution in [3.05, 3.63) is 46.2 Å². The third kappa shape index (κ3) is 2.50. The van der Waals surface area contributed by atoms with E-state index in [9.17, 15) is 4.79 Å². The monoisotopic (exact) mass is 314 g/mol. The van der Waals surface area contributed by atoms with Crippen LogP contribution >= 0.6 is 11.3 Å². The van der Waals surface area contributed by atoms with Gasteiger partial charge in [0.25, 0.3) is 5.91 Å². The molecule has 0 aliphatic rings. The molecule has 2 aromatic heterocycles. The molecule has 0 saturated carbocycles. The average molecular weight is 314 g/mol. The van der Waals surface area contributed by atoms with Crippen molar-refractivity contribution < 1.29 is 4.79 Å². The number of thiazole rings is 1. The molecule has 1 aromatic carbocycles. The van der Waals surface area contributed by atoms with E-state index in [1.165, 1.54) is 11.3 Å². The molecule has 0 unspecified atom stereocenters. The fourth-order valence-electron chi connectivity index (χ4n) is 2.60. The largest absolute Gasteiger partial charge is 0.342 e. The van der Waals surface area contributed by atoms with Crippen LogP contribution in [-0.4, -0.2) is 20.4 Å². The Bertz CT molecular complexity index is 821. The lowest BCUT2D eigenvalue weighted by Crippen LogP contribution is -2.28. The van der Waals surface area contributed by atoms with Gasteiger partial charge in [-0.2, -0.15) is 0 Å². The van der Waals surface area contributed by atoms with E-state index >= 15 is 0 Å². The quantitative estimate of drug-likeness (QED) is 0.803. The minimum absolute atomic E-state index is 0.0952. The molecule has 1 N–H and O–H groups in total. The second-order valence-corrected chi connectivity index (χ2v) is 6.02. The number of imidazole rings is 1. The molecule has 114 valence electrons. The minimum Gasteiger partial charge on any atom is -0.342 e. The number of hydrogen-bond donors (Lipinski definition) is 1. The van der Waals surface area contributed by atoms with Gasteiger partial charge in [-0.15, -0.1) is 11.3 Å². The molecule has 0 fully saturated rings. The molecule has 0 spiro atoms. The smallest absolute Gasteiger partial charge is 0.263 e. The fourth-order valence-corrected chi connectivity index (χ4v) is 3.31. The van der Waals surface area contributed by atoms with Crippen molar-refractivity contribution >= 4 is 28.3 Å². The van der Waals surface area contributed by atoms with Crippen LogP contribution in [0.3, 0.4) is 0 Å². The molecule has 2 heterocycles. The second kappa shape index (κ2) is 5.88. The summed E-state index contributed by atoms with van der Waals surface area (Å²) in [5.41, 5.74) is 4.50. The Balaban J connectivity index is 1.90. The molecule has 1 amide bonds. The standard InChI is InChI=1S/C16H18N4OS/c1-4-20-13-8-6-5-7-12(13)19-15(20)11(3)18-16(21)14-10(2)17-9-22-14/h5-9,11H,4H2,1-3H3,(H,18,21)/t11-/m1/s1. The first kappa shape index (κ1) is 14.7. The van der Waals surface area contributed by atoms with E-state index in [0.29, 0.717) is 4.88 Å². The molecule has 0 aliphatic heterocycles. The first-order valence-electron chi connectivity index (χ1n) is 7.28. The number of fused-ring (bicyclic) bond motifs is 1. The van der Waals surface area contributed by atoms with Crippen LogP contribution in [0.25, 0.3) is 11.0 Å². The number of aromatic nitrogens is 3. The maximum Gasteiger partial charge on any atom is 0.263 e. The minimum atomic E-state index is -0.165. The first-order chi connectivity index (χ1) is 10.6. The van der Waals surface area contributed by atoms with Crippen LogP contribution in [-0.2, 0) is 6.54 Å². The summed E-state index contributed by atoms with van der Waals surface area (Å²) in [6.45, 7) is 6.70. The van der Waals surface area contributed by atoms with Crippen molar-refractivity contribution in [1.82, 2.24) is 19.9 Å². The lowest BCUT2D eigenvalue weighted by Gasteiger charge is -2.15. The van der Waals surface area contributed by atoms with E-state index in [2.05, 4.69) is 32.8 Å². The van der Waals surface area contributed by atoms with E-state index in [1.807, 2.05) is 32.0 Å². The van der Waals surface area contributed by atoms with Crippen LogP contribution in [0.15, 0.2) is 29.8 Å². The first-order valence-corrected chi connectivity index (χ1v) is 8.16. The zero-order chi connectivity index (χ0) is 15.7. The number of amides is 1. The highest BCUT2D eigenvalue weighted by Gasteiger charge is 2.20. The van der Waals surface area contributed by atoms with Crippen LogP contribution < -0.4 is 5.32 Å². The van der Waals surface area contributed by atoms with Gasteiger partial charge >= 0.3 is 0 Å². The number of nitrogens with one attached hydrogen (secondary N) is 1. The van der Waals surface area contributed by atoms with Crippen LogP contribution in [0.5, 0.6) is 0 Å². The Hall–Kier alpha value is -2.21. The van der Waals surface area contributed by atoms with Gasteiger partial charge in [-0.1, -0.05) is 12.1 Å². The predicted molar refractivity (Wildman–Crippen MR) is 88.1 cm³/mol. The number of aryl methyl sites for hydroxylation is 2. The summed E-state index contributed by atoms with van der Waals surface area (Å²) < 4.78 is 2.14. The summed E-state index contributed by atoms with van der Waals surface area (Å²) in [6, 6.07) is 7.86. The molecule has 0 bridgehead atoms. The molecule has 5 nitrogen and oxygen atoms in total. The van der Waals surface area contributed by atoms with Gasteiger partial charge in [0.1, 0.15) is 10.7 Å². The number of carbonyl (C=O) groups excluding carboxylic acids is 1. The highest BCUT2D eigenvalue weighted by atomic mass is 32.1. The normalized spacial score (nSPS) is 12.5. The molecule has 22 heavy (non-hydrogen) atoms. The zero-order valence-electron chi connectivity index (χ0n) is 12.8. The summed E-state index contributed by atoms with van der Waals surface area (Å²) >= 11 is 1.36. The van der Waals surface area contributed by atoms with Gasteiger partial charge < -0.3 is 9.88 Å². The maximum atomic E-state index is 12.3. The zero-order valence-corrected chi connectivity index (χ0v) is 13.6. The molecule has 0 saturated heterocycles. The van der Waals surface area contributed by atoms with Gasteiger partial charge in [-0.25, -0.2) is 9.97 Å². The number of nitrogens with zero attached hydrogens (tertiary/aromatic N) is 3. The van der Waals surface area contributed by atoms with E-state index in [1.54, 1.807) is 5.51 Å². The maximum absolute atomic E-state index is 12.3. The van der Waals surface area contributed by atoms with Crippen molar-refractivity contribution in [2.75, 3.05) is 0 Å². The third-order valence-electron chi connectivity index (χ3n) is 3.69. The summed E-state index contributed by atoms with van der Waals surface area (Å²) in [4.78, 5) is 21.8. The Labute approximate surface area is 133 Å². The topological polar surface area (TPSA) is 59.8 Å². The lowest BCUT2D eigenvalue weighted by molar-refractivity contribution is 0.0941. The van der Waals surface area contributed by atoms with E-state index in [4.69, 9.17) is 0 Å². The van der Waals surface area contributed by atoms with Gasteiger partial charge in [0.2, 0.25) is 0 Å². The van der Waals surface area contributed by atoms with Crippen LogP contribution in [0.1, 0.15) is 41.1 Å². The predicted octanol–water partition coefficient (Wildman–Crippen LogP) is 3.31. The highest BCUT2D eigenvalue weighted by Crippen LogP contribution is 2.21. The molecule has 3 aromatic rings. The van der Waals surface area contributed by atoms with Crippen molar-refractivity contribution in [1.29, 1.82) is 0 Å². The van der Waals surface area contributed by atoms with Crippen LogP contribution in [0.4, 0.5) is 0 Å². The lowest BCUT2D eigenvalue weighted by atomic mass is 10.3. The van der Waals surface area contributed by atoms with Gasteiger partial charge in [0, 0.05) is 6.54 Å². The van der Waals surface area contributed by atoms with Crippen LogP contribution in [0, 0.1) is 6.92 Å². The second-order valence-electron chi connectivity index (χ2n) is 5.17. The van der Waals surface area contributed by atoms with E-state index < -0.39 is 0 Å². The molecular weight excluding hydrogens is 296 g/mol. The Morgan fingerprint density at radius 2 is 2.18 bits per heavy atom. The number of rotatable bonds is 4. The molecule has 1 atom stereocenters. The van der Waals surface area contributed by atoms with Crippen molar-refractivity contribution in [3.8, 4) is 0 Å². The number of hydrogen-bond acceptors (Lipinski definition) is 4. The van der Waals surface area contributed by atoms with Gasteiger partial charge in [0.15, 0.2) is 0 Å². The molecule has 0 radical (unpaired) electrons. The van der Waals surface area contributed by atoms with E-state index in [0.717, 1.165) is 29.1 Å². The Morgan fingerprint density at radius 3 is 2.86 bits per heavy atom. The van der Waals surface area contributed by atoms with Gasteiger partial charge in [-0.3, -0.25) is 4.79 Å². The van der Waals surface area contributed by atoms with E-state index in [-0.39, 0.29) is 11.9 Å². The molecule has 6 heteroatoms. The number of para-hydroxylation sites is 2. The Morgan fingerprint density at radius 1 is 1.41 bits per heavy atom. The van der Waals surface area contributed by atoms with Crippen molar-refractivity contribution in [3.63, 3.8) is 0 Å². The summed E-state index contributed by atoms with van der Waals surface area (Å²) in [7, 11) is 0. The van der Waals surface area contributed by atoms with Crippen molar-refractivity contribution in [2.45, 2.75) is 33.4 Å². The Kier molecular flexibility index (Phi) is 3.94. The highest BCUT2D eigenvalue weighted by molar-refractivity contribution is 7.11. The molecular formula is C16H18N4OS. The average Bonchev–Trinajstić information content (AvgIpc) is 3.10. The molecule has 3 rings (SSSR count). The summed E-state index contributed by atoms with van der Waals surface area (Å²) in [6.07, 6.45) is 0.